The quantitative estimate of drug-likeness (QED) is 0.447. The Morgan fingerprint density at radius 3 is 2.63 bits per heavy atom. The summed E-state index contributed by atoms with van der Waals surface area (Å²) in [6.45, 7) is 8.38. The first kappa shape index (κ1) is 27.2. The van der Waals surface area contributed by atoms with E-state index in [1.807, 2.05) is 23.1 Å². The van der Waals surface area contributed by atoms with Crippen LogP contribution in [-0.4, -0.2) is 104 Å². The molecule has 2 aromatic carbocycles. The molecule has 0 aliphatic carbocycles. The molecule has 0 radical (unpaired) electrons. The first-order chi connectivity index (χ1) is 18.4. The van der Waals surface area contributed by atoms with E-state index in [0.29, 0.717) is 6.54 Å². The lowest BCUT2D eigenvalue weighted by Crippen LogP contribution is -2.46. The van der Waals surface area contributed by atoms with Crippen LogP contribution < -0.4 is 0 Å². The summed E-state index contributed by atoms with van der Waals surface area (Å²) in [5.74, 6) is 0.00984. The summed E-state index contributed by atoms with van der Waals surface area (Å²) < 4.78 is 5.24. The highest BCUT2D eigenvalue weighted by Crippen LogP contribution is 2.39. The number of hydrogen-bond donors (Lipinski definition) is 1. The van der Waals surface area contributed by atoms with Crippen molar-refractivity contribution in [3.05, 3.63) is 69.9 Å². The predicted octanol–water partition coefficient (Wildman–Crippen LogP) is 4.01. The molecule has 3 heterocycles. The second kappa shape index (κ2) is 12.2. The molecule has 1 saturated heterocycles. The number of rotatable bonds is 9. The number of nitrogens with zero attached hydrogens (tertiary/aromatic N) is 4. The van der Waals surface area contributed by atoms with E-state index in [-0.39, 0.29) is 18.6 Å². The van der Waals surface area contributed by atoms with Crippen molar-refractivity contribution >= 4 is 28.4 Å². The van der Waals surface area contributed by atoms with E-state index in [0.717, 1.165) is 72.9 Å². The maximum atomic E-state index is 13.2. The van der Waals surface area contributed by atoms with Gasteiger partial charge in [-0.3, -0.25) is 9.69 Å². The van der Waals surface area contributed by atoms with E-state index in [4.69, 9.17) is 16.3 Å². The highest BCUT2D eigenvalue weighted by atomic mass is 35.5. The Balaban J connectivity index is 1.35. The molecule has 0 saturated carbocycles. The molecule has 2 aliphatic rings. The van der Waals surface area contributed by atoms with E-state index in [9.17, 15) is 4.79 Å². The molecule has 204 valence electrons. The zero-order valence-corrected chi connectivity index (χ0v) is 23.6. The Hall–Kier alpha value is -2.42. The third kappa shape index (κ3) is 6.08. The first-order valence-corrected chi connectivity index (χ1v) is 14.1. The molecule has 7 nitrogen and oxygen atoms in total. The summed E-state index contributed by atoms with van der Waals surface area (Å²) in [6.07, 6.45) is 2.01. The molecular weight excluding hydrogens is 498 g/mol. The van der Waals surface area contributed by atoms with Gasteiger partial charge in [-0.2, -0.15) is 0 Å². The number of aromatic nitrogens is 1. The molecule has 1 amide bonds. The first-order valence-electron chi connectivity index (χ1n) is 13.7. The van der Waals surface area contributed by atoms with E-state index >= 15 is 0 Å². The monoisotopic (exact) mass is 537 g/mol. The van der Waals surface area contributed by atoms with Gasteiger partial charge in [0.1, 0.15) is 6.61 Å². The summed E-state index contributed by atoms with van der Waals surface area (Å²) in [5.41, 5.74) is 5.82. The predicted molar refractivity (Wildman–Crippen MR) is 154 cm³/mol. The van der Waals surface area contributed by atoms with E-state index in [1.165, 1.54) is 24.1 Å². The molecule has 1 aromatic heterocycles. The van der Waals surface area contributed by atoms with Crippen molar-refractivity contribution in [3.63, 3.8) is 0 Å². The average molecular weight is 538 g/mol. The lowest BCUT2D eigenvalue weighted by atomic mass is 9.91. The molecule has 5 rings (SSSR count). The SMILES string of the molecule is COCC(=O)N1CCc2c([nH]c3ccc(Cl)cc23)C1c1cccc(CN2CCN(CCCN(C)C)CC2)c1. The fraction of sp³-hybridized carbons (Fsp3) is 0.500. The van der Waals surface area contributed by atoms with E-state index < -0.39 is 0 Å². The second-order valence-electron chi connectivity index (χ2n) is 10.9. The lowest BCUT2D eigenvalue weighted by Gasteiger charge is -2.37. The van der Waals surface area contributed by atoms with Gasteiger partial charge in [0.2, 0.25) is 5.91 Å². The van der Waals surface area contributed by atoms with Crippen molar-refractivity contribution in [1.82, 2.24) is 24.6 Å². The maximum absolute atomic E-state index is 13.2. The van der Waals surface area contributed by atoms with Gasteiger partial charge < -0.3 is 24.4 Å². The van der Waals surface area contributed by atoms with Crippen molar-refractivity contribution in [2.45, 2.75) is 25.4 Å². The van der Waals surface area contributed by atoms with Crippen LogP contribution in [0.4, 0.5) is 0 Å². The second-order valence-corrected chi connectivity index (χ2v) is 11.3. The van der Waals surface area contributed by atoms with Crippen LogP contribution in [0.3, 0.4) is 0 Å². The summed E-state index contributed by atoms with van der Waals surface area (Å²) in [6, 6.07) is 14.6. The van der Waals surface area contributed by atoms with Crippen LogP contribution in [0.25, 0.3) is 10.9 Å². The molecular formula is C30H40ClN5O2. The number of carbonyl (C=O) groups is 1. The van der Waals surface area contributed by atoms with Crippen molar-refractivity contribution < 1.29 is 9.53 Å². The molecule has 0 spiro atoms. The van der Waals surface area contributed by atoms with Gasteiger partial charge in [-0.05, 0) is 74.9 Å². The minimum Gasteiger partial charge on any atom is -0.375 e. The average Bonchev–Trinajstić information content (AvgIpc) is 3.27. The minimum absolute atomic E-state index is 0.00984. The van der Waals surface area contributed by atoms with Crippen LogP contribution in [0.5, 0.6) is 0 Å². The van der Waals surface area contributed by atoms with Crippen molar-refractivity contribution in [1.29, 1.82) is 0 Å². The van der Waals surface area contributed by atoms with Crippen molar-refractivity contribution in [2.75, 3.05) is 73.6 Å². The number of halogens is 1. The normalized spacial score (nSPS) is 18.9. The number of ether oxygens (including phenoxy) is 1. The van der Waals surface area contributed by atoms with Gasteiger partial charge in [0.25, 0.3) is 0 Å². The van der Waals surface area contributed by atoms with Crippen LogP contribution in [0, 0.1) is 0 Å². The van der Waals surface area contributed by atoms with Crippen LogP contribution in [0.15, 0.2) is 42.5 Å². The fourth-order valence-corrected chi connectivity index (χ4v) is 6.16. The summed E-state index contributed by atoms with van der Waals surface area (Å²) >= 11 is 6.35. The molecule has 1 fully saturated rings. The van der Waals surface area contributed by atoms with E-state index in [2.05, 4.69) is 58.0 Å². The number of H-pyrrole nitrogens is 1. The van der Waals surface area contributed by atoms with Gasteiger partial charge in [-0.1, -0.05) is 35.9 Å². The van der Waals surface area contributed by atoms with Gasteiger partial charge in [0.05, 0.1) is 6.04 Å². The Labute approximate surface area is 231 Å². The Bertz CT molecular complexity index is 1250. The Kier molecular flexibility index (Phi) is 8.71. The summed E-state index contributed by atoms with van der Waals surface area (Å²) in [4.78, 5) is 26.1. The number of piperazine rings is 1. The van der Waals surface area contributed by atoms with Gasteiger partial charge in [0.15, 0.2) is 0 Å². The standard InChI is InChI=1S/C30H40ClN5O2/c1-33(2)11-5-12-34-14-16-35(17-15-34)20-22-6-4-7-23(18-22)30-29-25(10-13-36(30)28(37)21-38-3)26-19-24(31)8-9-27(26)32-29/h4,6-9,18-19,30,32H,5,10-17,20-21H2,1-3H3. The molecule has 2 aliphatic heterocycles. The fourth-order valence-electron chi connectivity index (χ4n) is 5.98. The number of carbonyl (C=O) groups excluding carboxylic acids is 1. The largest absolute Gasteiger partial charge is 0.375 e. The van der Waals surface area contributed by atoms with Crippen molar-refractivity contribution in [3.8, 4) is 0 Å². The zero-order chi connectivity index (χ0) is 26.6. The number of amides is 1. The molecule has 1 atom stereocenters. The van der Waals surface area contributed by atoms with Crippen molar-refractivity contribution in [2.24, 2.45) is 0 Å². The van der Waals surface area contributed by atoms with Gasteiger partial charge in [0, 0.05) is 68.0 Å². The number of methoxy groups -OCH3 is 1. The molecule has 8 heteroatoms. The van der Waals surface area contributed by atoms with Crippen LogP contribution in [-0.2, 0) is 22.5 Å². The molecule has 3 aromatic rings. The Morgan fingerprint density at radius 2 is 1.87 bits per heavy atom. The number of nitrogens with one attached hydrogen (secondary N) is 1. The number of hydrogen-bond acceptors (Lipinski definition) is 5. The lowest BCUT2D eigenvalue weighted by molar-refractivity contribution is -0.137. The minimum atomic E-state index is -0.180. The smallest absolute Gasteiger partial charge is 0.249 e. The number of benzene rings is 2. The highest BCUT2D eigenvalue weighted by Gasteiger charge is 2.34. The van der Waals surface area contributed by atoms with Crippen LogP contribution >= 0.6 is 11.6 Å². The van der Waals surface area contributed by atoms with Gasteiger partial charge in [-0.15, -0.1) is 0 Å². The molecule has 38 heavy (non-hydrogen) atoms. The Morgan fingerprint density at radius 1 is 1.08 bits per heavy atom. The molecule has 1 unspecified atom stereocenters. The summed E-state index contributed by atoms with van der Waals surface area (Å²) in [7, 11) is 5.86. The molecule has 1 N–H and O–H groups in total. The third-order valence-electron chi connectivity index (χ3n) is 7.89. The van der Waals surface area contributed by atoms with Crippen LogP contribution in [0.1, 0.15) is 34.8 Å². The maximum Gasteiger partial charge on any atom is 0.249 e. The van der Waals surface area contributed by atoms with Gasteiger partial charge >= 0.3 is 0 Å². The number of fused-ring (bicyclic) bond motifs is 3. The van der Waals surface area contributed by atoms with E-state index in [1.54, 1.807) is 7.11 Å². The number of aromatic amines is 1. The third-order valence-corrected chi connectivity index (χ3v) is 8.13. The topological polar surface area (TPSA) is 55.1 Å². The zero-order valence-electron chi connectivity index (χ0n) is 22.9. The molecule has 0 bridgehead atoms. The summed E-state index contributed by atoms with van der Waals surface area (Å²) in [5, 5.41) is 1.88. The van der Waals surface area contributed by atoms with Crippen LogP contribution in [0.2, 0.25) is 5.02 Å². The highest BCUT2D eigenvalue weighted by molar-refractivity contribution is 6.31. The van der Waals surface area contributed by atoms with Gasteiger partial charge in [-0.25, -0.2) is 0 Å².